The number of hydrogen-bond donors (Lipinski definition) is 0. The van der Waals surface area contributed by atoms with Crippen molar-refractivity contribution < 1.29 is 14.3 Å². The molecule has 19 heavy (non-hydrogen) atoms. The first-order valence-electron chi connectivity index (χ1n) is 5.55. The molecular formula is C13H13N3O3. The van der Waals surface area contributed by atoms with Crippen molar-refractivity contribution in [2.75, 3.05) is 14.2 Å². The standard InChI is InChI=1S/C13H13N3O3/c1-18-11-5-3-10(4-6-11)16-9-14-12(15-16)7-8-13(17)19-2/h3-9H,1-2H3/b8-7+. The molecular weight excluding hydrogens is 246 g/mol. The fourth-order valence-corrected chi connectivity index (χ4v) is 1.42. The fraction of sp³-hybridized carbons (Fsp3) is 0.154. The highest BCUT2D eigenvalue weighted by Gasteiger charge is 2.01. The molecule has 1 aromatic heterocycles. The second-order valence-electron chi connectivity index (χ2n) is 3.60. The zero-order valence-corrected chi connectivity index (χ0v) is 10.6. The summed E-state index contributed by atoms with van der Waals surface area (Å²) >= 11 is 0. The molecule has 0 aliphatic carbocycles. The monoisotopic (exact) mass is 259 g/mol. The van der Waals surface area contributed by atoms with Crippen LogP contribution in [-0.2, 0) is 9.53 Å². The van der Waals surface area contributed by atoms with Crippen LogP contribution in [0.5, 0.6) is 5.75 Å². The van der Waals surface area contributed by atoms with Crippen LogP contribution < -0.4 is 4.74 Å². The minimum Gasteiger partial charge on any atom is -0.497 e. The molecule has 0 amide bonds. The maximum atomic E-state index is 10.9. The molecule has 6 nitrogen and oxygen atoms in total. The van der Waals surface area contributed by atoms with Gasteiger partial charge in [0.15, 0.2) is 5.82 Å². The number of nitrogens with zero attached hydrogens (tertiary/aromatic N) is 3. The smallest absolute Gasteiger partial charge is 0.330 e. The molecule has 0 saturated heterocycles. The van der Waals surface area contributed by atoms with Gasteiger partial charge in [-0.1, -0.05) is 0 Å². The van der Waals surface area contributed by atoms with Gasteiger partial charge in [0.05, 0.1) is 19.9 Å². The minimum absolute atomic E-state index is 0.432. The second-order valence-corrected chi connectivity index (χ2v) is 3.60. The Bertz CT molecular complexity index is 587. The summed E-state index contributed by atoms with van der Waals surface area (Å²) in [5, 5.41) is 4.21. The molecule has 0 N–H and O–H groups in total. The summed E-state index contributed by atoms with van der Waals surface area (Å²) in [5.74, 6) is 0.761. The zero-order valence-electron chi connectivity index (χ0n) is 10.6. The summed E-state index contributed by atoms with van der Waals surface area (Å²) < 4.78 is 11.2. The SMILES string of the molecule is COC(=O)/C=C/c1ncn(-c2ccc(OC)cc2)n1. The third-order valence-electron chi connectivity index (χ3n) is 2.42. The molecule has 0 fully saturated rings. The molecule has 1 aromatic carbocycles. The lowest BCUT2D eigenvalue weighted by Gasteiger charge is -2.02. The number of rotatable bonds is 4. The van der Waals surface area contributed by atoms with Gasteiger partial charge in [-0.3, -0.25) is 0 Å². The Balaban J connectivity index is 2.15. The van der Waals surface area contributed by atoms with Gasteiger partial charge >= 0.3 is 5.97 Å². The summed E-state index contributed by atoms with van der Waals surface area (Å²) in [6.07, 6.45) is 4.33. The normalized spacial score (nSPS) is 10.6. The predicted octanol–water partition coefficient (Wildman–Crippen LogP) is 1.46. The van der Waals surface area contributed by atoms with Crippen LogP contribution in [0.25, 0.3) is 11.8 Å². The molecule has 0 atom stereocenters. The molecule has 2 rings (SSSR count). The van der Waals surface area contributed by atoms with E-state index in [4.69, 9.17) is 4.74 Å². The summed E-state index contributed by atoms with van der Waals surface area (Å²) in [6.45, 7) is 0. The first-order valence-corrected chi connectivity index (χ1v) is 5.55. The molecule has 0 aliphatic heterocycles. The lowest BCUT2D eigenvalue weighted by Crippen LogP contribution is -1.96. The highest BCUT2D eigenvalue weighted by molar-refractivity contribution is 5.86. The average Bonchev–Trinajstić information content (AvgIpc) is 2.93. The van der Waals surface area contributed by atoms with Crippen LogP contribution in [0.2, 0.25) is 0 Å². The van der Waals surface area contributed by atoms with Gasteiger partial charge in [0, 0.05) is 6.08 Å². The summed E-state index contributed by atoms with van der Waals surface area (Å²) in [5.41, 5.74) is 0.853. The molecule has 2 aromatic rings. The molecule has 0 bridgehead atoms. The summed E-state index contributed by atoms with van der Waals surface area (Å²) in [4.78, 5) is 15.0. The van der Waals surface area contributed by atoms with E-state index in [1.165, 1.54) is 19.3 Å². The molecule has 1 heterocycles. The van der Waals surface area contributed by atoms with E-state index >= 15 is 0 Å². The number of hydrogen-bond acceptors (Lipinski definition) is 5. The van der Waals surface area contributed by atoms with E-state index in [9.17, 15) is 4.79 Å². The van der Waals surface area contributed by atoms with E-state index in [0.717, 1.165) is 11.4 Å². The van der Waals surface area contributed by atoms with Crippen molar-refractivity contribution in [2.45, 2.75) is 0 Å². The van der Waals surface area contributed by atoms with E-state index in [-0.39, 0.29) is 0 Å². The number of esters is 1. The van der Waals surface area contributed by atoms with E-state index in [0.29, 0.717) is 5.82 Å². The van der Waals surface area contributed by atoms with Gasteiger partial charge in [0.25, 0.3) is 0 Å². The van der Waals surface area contributed by atoms with Crippen LogP contribution in [0.4, 0.5) is 0 Å². The lowest BCUT2D eigenvalue weighted by molar-refractivity contribution is -0.134. The molecule has 98 valence electrons. The zero-order chi connectivity index (χ0) is 13.7. The Morgan fingerprint density at radius 1 is 1.26 bits per heavy atom. The maximum Gasteiger partial charge on any atom is 0.330 e. The molecule has 0 radical (unpaired) electrons. The highest BCUT2D eigenvalue weighted by Crippen LogP contribution is 2.13. The van der Waals surface area contributed by atoms with E-state index in [1.807, 2.05) is 24.3 Å². The number of benzene rings is 1. The van der Waals surface area contributed by atoms with Gasteiger partial charge in [-0.25, -0.2) is 14.5 Å². The number of methoxy groups -OCH3 is 2. The van der Waals surface area contributed by atoms with Crippen LogP contribution in [0.3, 0.4) is 0 Å². The lowest BCUT2D eigenvalue weighted by atomic mass is 10.3. The number of ether oxygens (including phenoxy) is 2. The van der Waals surface area contributed by atoms with Crippen LogP contribution in [0.15, 0.2) is 36.7 Å². The Hall–Kier alpha value is -2.63. The van der Waals surface area contributed by atoms with Crippen LogP contribution >= 0.6 is 0 Å². The third-order valence-corrected chi connectivity index (χ3v) is 2.42. The first kappa shape index (κ1) is 12.8. The predicted molar refractivity (Wildman–Crippen MR) is 69.0 cm³/mol. The van der Waals surface area contributed by atoms with Gasteiger partial charge in [-0.15, -0.1) is 5.10 Å². The van der Waals surface area contributed by atoms with Crippen LogP contribution in [-0.4, -0.2) is 35.0 Å². The highest BCUT2D eigenvalue weighted by atomic mass is 16.5. The molecule has 0 spiro atoms. The van der Waals surface area contributed by atoms with Crippen molar-refractivity contribution in [3.05, 3.63) is 42.5 Å². The van der Waals surface area contributed by atoms with Gasteiger partial charge in [-0.2, -0.15) is 0 Å². The van der Waals surface area contributed by atoms with Gasteiger partial charge in [-0.05, 0) is 30.3 Å². The summed E-state index contributed by atoms with van der Waals surface area (Å²) in [7, 11) is 2.93. The largest absolute Gasteiger partial charge is 0.497 e. The van der Waals surface area contributed by atoms with Crippen molar-refractivity contribution >= 4 is 12.0 Å². The van der Waals surface area contributed by atoms with E-state index < -0.39 is 5.97 Å². The van der Waals surface area contributed by atoms with E-state index in [1.54, 1.807) is 18.1 Å². The van der Waals surface area contributed by atoms with Gasteiger partial charge in [0.1, 0.15) is 12.1 Å². The fourth-order valence-electron chi connectivity index (χ4n) is 1.42. The van der Waals surface area contributed by atoms with Crippen molar-refractivity contribution in [2.24, 2.45) is 0 Å². The van der Waals surface area contributed by atoms with Crippen molar-refractivity contribution in [1.82, 2.24) is 14.8 Å². The average molecular weight is 259 g/mol. The van der Waals surface area contributed by atoms with Crippen molar-refractivity contribution in [1.29, 1.82) is 0 Å². The minimum atomic E-state index is -0.444. The third kappa shape index (κ3) is 3.19. The Morgan fingerprint density at radius 3 is 2.63 bits per heavy atom. The number of carbonyl (C=O) groups excluding carboxylic acids is 1. The number of carbonyl (C=O) groups is 1. The molecule has 0 unspecified atom stereocenters. The second kappa shape index (κ2) is 5.81. The van der Waals surface area contributed by atoms with Gasteiger partial charge in [0.2, 0.25) is 0 Å². The summed E-state index contributed by atoms with van der Waals surface area (Å²) in [6, 6.07) is 7.39. The Morgan fingerprint density at radius 2 is 2.00 bits per heavy atom. The van der Waals surface area contributed by atoms with Crippen LogP contribution in [0.1, 0.15) is 5.82 Å². The molecule has 0 aliphatic rings. The van der Waals surface area contributed by atoms with Crippen molar-refractivity contribution in [3.63, 3.8) is 0 Å². The quantitative estimate of drug-likeness (QED) is 0.614. The first-order chi connectivity index (χ1) is 9.22. The molecule has 0 saturated carbocycles. The number of aromatic nitrogens is 3. The van der Waals surface area contributed by atoms with E-state index in [2.05, 4.69) is 14.8 Å². The van der Waals surface area contributed by atoms with Crippen LogP contribution in [0, 0.1) is 0 Å². The molecule has 6 heteroatoms. The Kier molecular flexibility index (Phi) is 3.92. The maximum absolute atomic E-state index is 10.9. The topological polar surface area (TPSA) is 66.2 Å². The Labute approximate surface area is 110 Å². The van der Waals surface area contributed by atoms with Gasteiger partial charge < -0.3 is 9.47 Å². The van der Waals surface area contributed by atoms with Crippen molar-refractivity contribution in [3.8, 4) is 11.4 Å².